The number of hydrogen-bond donors (Lipinski definition) is 2. The summed E-state index contributed by atoms with van der Waals surface area (Å²) in [6.07, 6.45) is 9.67. The molecule has 29 heavy (non-hydrogen) atoms. The van der Waals surface area contributed by atoms with Gasteiger partial charge < -0.3 is 10.6 Å². The largest absolute Gasteiger partial charge is 0.384 e. The Kier molecular flexibility index (Phi) is 5.79. The zero-order valence-corrected chi connectivity index (χ0v) is 19.2. The van der Waals surface area contributed by atoms with E-state index in [1.807, 2.05) is 36.8 Å². The molecule has 2 aliphatic rings. The van der Waals surface area contributed by atoms with Gasteiger partial charge in [0.05, 0.1) is 22.2 Å². The first-order chi connectivity index (χ1) is 14.1. The summed E-state index contributed by atoms with van der Waals surface area (Å²) in [6.45, 7) is 8.55. The Bertz CT molecular complexity index is 1040. The van der Waals surface area contributed by atoms with Crippen LogP contribution in [0.5, 0.6) is 0 Å². The molecule has 1 unspecified atom stereocenters. The molecule has 1 aliphatic heterocycles. The lowest BCUT2D eigenvalue weighted by atomic mass is 9.89. The Morgan fingerprint density at radius 3 is 2.76 bits per heavy atom. The molecule has 0 amide bonds. The lowest BCUT2D eigenvalue weighted by Crippen LogP contribution is -2.55. The molecule has 0 spiro atoms. The smallest absolute Gasteiger partial charge is 0.124 e. The van der Waals surface area contributed by atoms with Crippen molar-refractivity contribution in [2.45, 2.75) is 58.5 Å². The van der Waals surface area contributed by atoms with Gasteiger partial charge in [0.2, 0.25) is 0 Å². The van der Waals surface area contributed by atoms with Gasteiger partial charge in [-0.05, 0) is 56.3 Å². The second kappa shape index (κ2) is 8.33. The minimum Gasteiger partial charge on any atom is -0.384 e. The maximum absolute atomic E-state index is 4.53. The van der Waals surface area contributed by atoms with Crippen LogP contribution in [0, 0.1) is 0 Å². The van der Waals surface area contributed by atoms with Gasteiger partial charge in [0.15, 0.2) is 0 Å². The SMILES string of the molecule is CC.CC1(C)NC=CCC1NC(=C1CC1)c1cc2cccc(-c3nccs3)c2s1. The molecule has 1 aromatic carbocycles. The van der Waals surface area contributed by atoms with Crippen LogP contribution < -0.4 is 10.6 Å². The Hall–Kier alpha value is -2.11. The van der Waals surface area contributed by atoms with Crippen LogP contribution in [-0.4, -0.2) is 16.6 Å². The molecule has 2 N–H and O–H groups in total. The fraction of sp³-hybridized carbons (Fsp3) is 0.375. The zero-order valence-electron chi connectivity index (χ0n) is 17.6. The van der Waals surface area contributed by atoms with Crippen molar-refractivity contribution in [2.24, 2.45) is 0 Å². The van der Waals surface area contributed by atoms with Crippen LogP contribution >= 0.6 is 22.7 Å². The first-order valence-electron chi connectivity index (χ1n) is 10.5. The maximum Gasteiger partial charge on any atom is 0.124 e. The van der Waals surface area contributed by atoms with Crippen LogP contribution in [0.1, 0.15) is 51.8 Å². The normalized spacial score (nSPS) is 19.3. The number of nitrogens with zero attached hydrogens (tertiary/aromatic N) is 1. The number of benzene rings is 1. The summed E-state index contributed by atoms with van der Waals surface area (Å²) < 4.78 is 1.34. The van der Waals surface area contributed by atoms with E-state index in [2.05, 4.69) is 66.0 Å². The fourth-order valence-electron chi connectivity index (χ4n) is 3.66. The molecule has 2 aromatic heterocycles. The van der Waals surface area contributed by atoms with Gasteiger partial charge in [0.1, 0.15) is 5.01 Å². The highest BCUT2D eigenvalue weighted by Gasteiger charge is 2.32. The van der Waals surface area contributed by atoms with Gasteiger partial charge in [0.25, 0.3) is 0 Å². The average Bonchev–Trinajstić information content (AvgIpc) is 3.24. The number of rotatable bonds is 4. The maximum atomic E-state index is 4.53. The van der Waals surface area contributed by atoms with E-state index in [-0.39, 0.29) is 5.54 Å². The van der Waals surface area contributed by atoms with Crippen molar-refractivity contribution < 1.29 is 0 Å². The molecule has 3 aromatic rings. The first kappa shape index (κ1) is 20.2. The molecule has 0 bridgehead atoms. The highest BCUT2D eigenvalue weighted by molar-refractivity contribution is 7.21. The van der Waals surface area contributed by atoms with Gasteiger partial charge in [-0.15, -0.1) is 22.7 Å². The van der Waals surface area contributed by atoms with Gasteiger partial charge in [-0.3, -0.25) is 0 Å². The van der Waals surface area contributed by atoms with Crippen molar-refractivity contribution in [2.75, 3.05) is 0 Å². The predicted molar refractivity (Wildman–Crippen MR) is 128 cm³/mol. The quantitative estimate of drug-likeness (QED) is 0.484. The van der Waals surface area contributed by atoms with E-state index in [1.54, 1.807) is 16.9 Å². The topological polar surface area (TPSA) is 37.0 Å². The molecule has 152 valence electrons. The van der Waals surface area contributed by atoms with Gasteiger partial charge in [-0.2, -0.15) is 0 Å². The number of allylic oxidation sites excluding steroid dienone is 1. The monoisotopic (exact) mass is 423 g/mol. The molecule has 5 rings (SSSR count). The van der Waals surface area contributed by atoms with Crippen LogP contribution in [0.3, 0.4) is 0 Å². The Balaban J connectivity index is 0.000000994. The summed E-state index contributed by atoms with van der Waals surface area (Å²) in [6, 6.07) is 9.29. The number of nitrogens with one attached hydrogen (secondary N) is 2. The van der Waals surface area contributed by atoms with E-state index in [9.17, 15) is 0 Å². The number of fused-ring (bicyclic) bond motifs is 1. The first-order valence-corrected chi connectivity index (χ1v) is 12.2. The molecule has 1 atom stereocenters. The highest BCUT2D eigenvalue weighted by Crippen LogP contribution is 2.42. The fourth-order valence-corrected chi connectivity index (χ4v) is 5.62. The second-order valence-corrected chi connectivity index (χ2v) is 9.80. The van der Waals surface area contributed by atoms with Crippen LogP contribution in [0.25, 0.3) is 26.4 Å². The average molecular weight is 424 g/mol. The molecule has 0 saturated heterocycles. The number of aromatic nitrogens is 1. The van der Waals surface area contributed by atoms with E-state index in [1.165, 1.54) is 39.1 Å². The molecule has 0 radical (unpaired) electrons. The molecular formula is C24H29N3S2. The number of hydrogen-bond acceptors (Lipinski definition) is 5. The lowest BCUT2D eigenvalue weighted by Gasteiger charge is -2.38. The minimum atomic E-state index is 0.0399. The summed E-state index contributed by atoms with van der Waals surface area (Å²) in [7, 11) is 0. The van der Waals surface area contributed by atoms with Gasteiger partial charge in [-0.25, -0.2) is 4.98 Å². The van der Waals surface area contributed by atoms with Crippen molar-refractivity contribution in [3.05, 3.63) is 58.6 Å². The summed E-state index contributed by atoms with van der Waals surface area (Å²) in [5.74, 6) is 0. The Morgan fingerprint density at radius 2 is 2.07 bits per heavy atom. The van der Waals surface area contributed by atoms with Crippen molar-refractivity contribution in [3.8, 4) is 10.6 Å². The third kappa shape index (κ3) is 4.12. The van der Waals surface area contributed by atoms with Crippen molar-refractivity contribution in [3.63, 3.8) is 0 Å². The van der Waals surface area contributed by atoms with Crippen molar-refractivity contribution in [1.29, 1.82) is 0 Å². The second-order valence-electron chi connectivity index (χ2n) is 7.85. The van der Waals surface area contributed by atoms with E-state index in [0.29, 0.717) is 6.04 Å². The third-order valence-electron chi connectivity index (χ3n) is 5.44. The van der Waals surface area contributed by atoms with Crippen molar-refractivity contribution >= 4 is 38.5 Å². The van der Waals surface area contributed by atoms with Crippen molar-refractivity contribution in [1.82, 2.24) is 15.6 Å². The van der Waals surface area contributed by atoms with Crippen LogP contribution in [0.2, 0.25) is 0 Å². The lowest BCUT2D eigenvalue weighted by molar-refractivity contribution is 0.316. The van der Waals surface area contributed by atoms with Crippen LogP contribution in [-0.2, 0) is 0 Å². The minimum absolute atomic E-state index is 0.0399. The Morgan fingerprint density at radius 1 is 1.24 bits per heavy atom. The number of thiazole rings is 1. The molecule has 1 saturated carbocycles. The predicted octanol–water partition coefficient (Wildman–Crippen LogP) is 6.80. The summed E-state index contributed by atoms with van der Waals surface area (Å²) in [4.78, 5) is 5.89. The molecule has 3 heterocycles. The molecule has 1 aliphatic carbocycles. The van der Waals surface area contributed by atoms with Gasteiger partial charge >= 0.3 is 0 Å². The standard InChI is InChI=1S/C22H23N3S2.C2H6/c1-22(2)18(7-4-10-24-22)25-19(14-8-9-14)17-13-15-5-3-6-16(20(15)27-17)21-23-11-12-26-21;1-2/h3-6,10-13,18,24-25H,7-9H2,1-2H3;1-2H3. The summed E-state index contributed by atoms with van der Waals surface area (Å²) >= 11 is 3.60. The van der Waals surface area contributed by atoms with Gasteiger partial charge in [-0.1, -0.05) is 38.1 Å². The molecule has 5 heteroatoms. The number of thiophene rings is 1. The third-order valence-corrected chi connectivity index (χ3v) is 7.45. The summed E-state index contributed by atoms with van der Waals surface area (Å²) in [5.41, 5.74) is 4.21. The molecule has 3 nitrogen and oxygen atoms in total. The highest BCUT2D eigenvalue weighted by atomic mass is 32.1. The van der Waals surface area contributed by atoms with E-state index in [4.69, 9.17) is 0 Å². The summed E-state index contributed by atoms with van der Waals surface area (Å²) in [5, 5.41) is 11.9. The molecular weight excluding hydrogens is 394 g/mol. The van der Waals surface area contributed by atoms with Crippen LogP contribution in [0.15, 0.2) is 53.7 Å². The van der Waals surface area contributed by atoms with E-state index >= 15 is 0 Å². The van der Waals surface area contributed by atoms with Gasteiger partial charge in [0, 0.05) is 21.8 Å². The Labute approximate surface area is 181 Å². The van der Waals surface area contributed by atoms with Crippen LogP contribution in [0.4, 0.5) is 0 Å². The van der Waals surface area contributed by atoms with E-state index < -0.39 is 0 Å². The zero-order chi connectivity index (χ0) is 20.4. The molecule has 1 fully saturated rings. The van der Waals surface area contributed by atoms with E-state index in [0.717, 1.165) is 11.4 Å².